The molecule has 0 bridgehead atoms. The molecule has 1 fully saturated rings. The molecule has 0 radical (unpaired) electrons. The summed E-state index contributed by atoms with van der Waals surface area (Å²) in [7, 11) is 2.23. The Labute approximate surface area is 166 Å². The van der Waals surface area contributed by atoms with Crippen LogP contribution in [0.15, 0.2) is 41.9 Å². The van der Waals surface area contributed by atoms with Gasteiger partial charge >= 0.3 is 0 Å². The number of likely N-dealkylation sites (tertiary alicyclic amines) is 1. The molecule has 1 aliphatic rings. The van der Waals surface area contributed by atoms with Crippen molar-refractivity contribution in [2.24, 2.45) is 0 Å². The van der Waals surface area contributed by atoms with Gasteiger partial charge in [-0.15, -0.1) is 11.3 Å². The van der Waals surface area contributed by atoms with Crippen molar-refractivity contribution >= 4 is 22.2 Å². The van der Waals surface area contributed by atoms with Gasteiger partial charge in [0.05, 0.1) is 14.3 Å². The van der Waals surface area contributed by atoms with E-state index in [1.54, 1.807) is 7.11 Å². The van der Waals surface area contributed by atoms with E-state index >= 15 is 0 Å². The Morgan fingerprint density at radius 3 is 2.78 bits per heavy atom. The van der Waals surface area contributed by atoms with Crippen LogP contribution >= 0.6 is 11.3 Å². The molecular formula is C22H31FN2OS. The van der Waals surface area contributed by atoms with Crippen LogP contribution in [0.3, 0.4) is 0 Å². The van der Waals surface area contributed by atoms with Crippen LogP contribution in [0.4, 0.5) is 4.39 Å². The van der Waals surface area contributed by atoms with Crippen LogP contribution in [0, 0.1) is 0 Å². The highest BCUT2D eigenvalue weighted by atomic mass is 32.1. The third-order valence-electron chi connectivity index (χ3n) is 4.87. The van der Waals surface area contributed by atoms with E-state index in [2.05, 4.69) is 45.7 Å². The number of H-pyrrole nitrogens is 1. The molecule has 0 aliphatic carbocycles. The van der Waals surface area contributed by atoms with Crippen LogP contribution in [0.2, 0.25) is 0 Å². The van der Waals surface area contributed by atoms with Gasteiger partial charge in [-0.1, -0.05) is 19.9 Å². The summed E-state index contributed by atoms with van der Waals surface area (Å²) in [6, 6.07) is 11.3. The fourth-order valence-corrected chi connectivity index (χ4v) is 4.37. The second kappa shape index (κ2) is 11.1. The number of benzene rings is 1. The number of halogens is 1. The number of aromatic nitrogens is 1. The number of thiophene rings is 1. The van der Waals surface area contributed by atoms with Crippen LogP contribution in [0.1, 0.15) is 37.1 Å². The van der Waals surface area contributed by atoms with E-state index < -0.39 is 0 Å². The minimum Gasteiger partial charge on any atom is -0.497 e. The molecule has 1 saturated heterocycles. The van der Waals surface area contributed by atoms with Gasteiger partial charge in [0.1, 0.15) is 5.75 Å². The van der Waals surface area contributed by atoms with E-state index in [0.29, 0.717) is 13.2 Å². The molecule has 3 nitrogen and oxygen atoms in total. The van der Waals surface area contributed by atoms with Gasteiger partial charge in [-0.3, -0.25) is 9.29 Å². The van der Waals surface area contributed by atoms with Crippen LogP contribution in [-0.2, 0) is 13.0 Å². The molecule has 1 atom stereocenters. The average molecular weight is 391 g/mol. The number of nitrogens with one attached hydrogen (secondary N) is 1. The molecule has 1 aromatic carbocycles. The Hall–Kier alpha value is -1.85. The first-order chi connectivity index (χ1) is 13.3. The average Bonchev–Trinajstić information content (AvgIpc) is 3.48. The molecule has 3 aromatic rings. The molecule has 1 aliphatic heterocycles. The van der Waals surface area contributed by atoms with E-state index in [4.69, 9.17) is 4.74 Å². The van der Waals surface area contributed by atoms with Gasteiger partial charge in [0.25, 0.3) is 0 Å². The number of fused-ring (bicyclic) bond motifs is 1. The summed E-state index contributed by atoms with van der Waals surface area (Å²) in [5.41, 5.74) is 2.60. The fraction of sp³-hybridized carbons (Fsp3) is 0.455. The van der Waals surface area contributed by atoms with E-state index in [9.17, 15) is 4.39 Å². The molecule has 0 spiro atoms. The highest BCUT2D eigenvalue weighted by Gasteiger charge is 2.25. The van der Waals surface area contributed by atoms with Crippen molar-refractivity contribution in [1.29, 1.82) is 0 Å². The maximum absolute atomic E-state index is 9.50. The predicted octanol–water partition coefficient (Wildman–Crippen LogP) is 6.06. The highest BCUT2D eigenvalue weighted by Crippen LogP contribution is 2.29. The number of nitrogens with zero attached hydrogens (tertiary/aromatic N) is 1. The Kier molecular flexibility index (Phi) is 8.82. The Balaban J connectivity index is 0.000000614. The monoisotopic (exact) mass is 390 g/mol. The number of alkyl halides is 1. The summed E-state index contributed by atoms with van der Waals surface area (Å²) in [5, 5.41) is 3.47. The number of ether oxygens (including phenoxy) is 1. The minimum atomic E-state index is 0.500. The zero-order valence-electron chi connectivity index (χ0n) is 16.8. The lowest BCUT2D eigenvalue weighted by Gasteiger charge is -2.23. The maximum Gasteiger partial charge on any atom is 0.119 e. The van der Waals surface area contributed by atoms with Crippen LogP contribution in [0.5, 0.6) is 5.75 Å². The third kappa shape index (κ3) is 5.33. The summed E-state index contributed by atoms with van der Waals surface area (Å²) >= 11 is 1.86. The second-order valence-corrected chi connectivity index (χ2v) is 7.31. The van der Waals surface area contributed by atoms with Crippen molar-refractivity contribution in [3.63, 3.8) is 0 Å². The number of methoxy groups -OCH3 is 1. The summed E-state index contributed by atoms with van der Waals surface area (Å²) in [5.74, 6) is 0.931. The zero-order chi connectivity index (χ0) is 19.6. The van der Waals surface area contributed by atoms with Crippen molar-refractivity contribution in [3.05, 3.63) is 52.3 Å². The molecule has 148 valence electrons. The van der Waals surface area contributed by atoms with Gasteiger partial charge in [0.15, 0.2) is 0 Å². The Bertz CT molecular complexity index is 785. The topological polar surface area (TPSA) is 28.3 Å². The molecule has 2 aromatic heterocycles. The summed E-state index contributed by atoms with van der Waals surface area (Å²) < 4.78 is 14.9. The lowest BCUT2D eigenvalue weighted by molar-refractivity contribution is 0.246. The van der Waals surface area contributed by atoms with Crippen LogP contribution in [0.25, 0.3) is 10.9 Å². The summed E-state index contributed by atoms with van der Waals surface area (Å²) in [6.45, 7) is 6.31. The van der Waals surface area contributed by atoms with E-state index in [-0.39, 0.29) is 0 Å². The molecule has 0 amide bonds. The number of aromatic amines is 1. The molecule has 0 saturated carbocycles. The first-order valence-electron chi connectivity index (χ1n) is 9.62. The van der Waals surface area contributed by atoms with Crippen molar-refractivity contribution in [3.8, 4) is 5.75 Å². The molecule has 1 N–H and O–H groups in total. The van der Waals surface area contributed by atoms with E-state index in [1.807, 2.05) is 31.3 Å². The first kappa shape index (κ1) is 21.5. The first-order valence-corrected chi connectivity index (χ1v) is 10.5. The van der Waals surface area contributed by atoms with Gasteiger partial charge in [-0.05, 0) is 61.0 Å². The lowest BCUT2D eigenvalue weighted by Crippen LogP contribution is -2.30. The highest BCUT2D eigenvalue weighted by molar-refractivity contribution is 7.09. The van der Waals surface area contributed by atoms with Gasteiger partial charge < -0.3 is 9.72 Å². The van der Waals surface area contributed by atoms with Crippen molar-refractivity contribution < 1.29 is 9.13 Å². The lowest BCUT2D eigenvalue weighted by atomic mass is 10.0. The smallest absolute Gasteiger partial charge is 0.119 e. The van der Waals surface area contributed by atoms with E-state index in [0.717, 1.165) is 18.7 Å². The predicted molar refractivity (Wildman–Crippen MR) is 115 cm³/mol. The van der Waals surface area contributed by atoms with Gasteiger partial charge in [-0.2, -0.15) is 0 Å². The minimum absolute atomic E-state index is 0.500. The summed E-state index contributed by atoms with van der Waals surface area (Å²) in [6.07, 6.45) is 5.88. The molecular weight excluding hydrogens is 359 g/mol. The van der Waals surface area contributed by atoms with Gasteiger partial charge in [-0.25, -0.2) is 0 Å². The molecule has 1 unspecified atom stereocenters. The molecule has 3 heterocycles. The summed E-state index contributed by atoms with van der Waals surface area (Å²) in [4.78, 5) is 7.52. The van der Waals surface area contributed by atoms with Gasteiger partial charge in [0, 0.05) is 34.6 Å². The van der Waals surface area contributed by atoms with Gasteiger partial charge in [0.2, 0.25) is 0 Å². The SMILES string of the molecule is CC.CF.COc1ccc2[nH]cc(CC3CCCN3Cc3cccs3)c2c1. The third-order valence-corrected chi connectivity index (χ3v) is 5.73. The fourth-order valence-electron chi connectivity index (χ4n) is 3.64. The number of rotatable bonds is 5. The van der Waals surface area contributed by atoms with Crippen LogP contribution in [-0.4, -0.2) is 36.8 Å². The van der Waals surface area contributed by atoms with Crippen molar-refractivity contribution in [2.75, 3.05) is 20.8 Å². The maximum atomic E-state index is 9.50. The standard InChI is InChI=1S/C19H22N2OS.C2H6.CH3F/c1-22-16-6-7-19-18(11-16)14(12-20-19)10-15-4-2-8-21(15)13-17-5-3-9-23-17;2*1-2/h3,5-7,9,11-12,15,20H,2,4,8,10,13H2,1H3;1-2H3;1H3. The molecule has 5 heteroatoms. The second-order valence-electron chi connectivity index (χ2n) is 6.28. The quantitative estimate of drug-likeness (QED) is 0.574. The van der Waals surface area contributed by atoms with Crippen molar-refractivity contribution in [2.45, 2.75) is 45.7 Å². The Morgan fingerprint density at radius 2 is 2.07 bits per heavy atom. The molecule has 4 rings (SSSR count). The largest absolute Gasteiger partial charge is 0.497 e. The normalized spacial score (nSPS) is 16.4. The Morgan fingerprint density at radius 1 is 1.26 bits per heavy atom. The zero-order valence-corrected chi connectivity index (χ0v) is 17.6. The van der Waals surface area contributed by atoms with Crippen molar-refractivity contribution in [1.82, 2.24) is 9.88 Å². The molecule has 27 heavy (non-hydrogen) atoms. The van der Waals surface area contributed by atoms with Crippen LogP contribution < -0.4 is 4.74 Å². The number of hydrogen-bond acceptors (Lipinski definition) is 3. The van der Waals surface area contributed by atoms with E-state index in [1.165, 1.54) is 40.7 Å². The number of hydrogen-bond donors (Lipinski definition) is 1.